The van der Waals surface area contributed by atoms with E-state index >= 15 is 0 Å². The molecule has 24 heavy (non-hydrogen) atoms. The minimum absolute atomic E-state index is 0.0939. The fraction of sp³-hybridized carbons (Fsp3) is 0.222. The third kappa shape index (κ3) is 3.48. The van der Waals surface area contributed by atoms with Crippen molar-refractivity contribution in [3.63, 3.8) is 0 Å². The number of hydrogen-bond donors (Lipinski definition) is 0. The van der Waals surface area contributed by atoms with E-state index in [0.717, 1.165) is 11.3 Å². The van der Waals surface area contributed by atoms with Crippen LogP contribution in [0.5, 0.6) is 5.75 Å². The van der Waals surface area contributed by atoms with Crippen LogP contribution in [0.15, 0.2) is 43.1 Å². The largest absolute Gasteiger partial charge is 0.497 e. The van der Waals surface area contributed by atoms with E-state index in [9.17, 15) is 9.59 Å². The Labute approximate surface area is 140 Å². The summed E-state index contributed by atoms with van der Waals surface area (Å²) in [6, 6.07) is 9.09. The average molecular weight is 329 g/mol. The molecule has 126 valence electrons. The zero-order chi connectivity index (χ0) is 17.7. The predicted molar refractivity (Wildman–Crippen MR) is 88.9 cm³/mol. The third-order valence-corrected chi connectivity index (χ3v) is 3.60. The van der Waals surface area contributed by atoms with Crippen LogP contribution in [-0.4, -0.2) is 37.8 Å². The van der Waals surface area contributed by atoms with Gasteiger partial charge in [-0.2, -0.15) is 0 Å². The SMILES string of the molecule is C=C(C(=O)OC)c1c(C(=O)OC)ccn1Cc1ccc(OC)cc1. The molecule has 2 rings (SSSR count). The van der Waals surface area contributed by atoms with Gasteiger partial charge < -0.3 is 18.8 Å². The zero-order valence-corrected chi connectivity index (χ0v) is 13.9. The maximum absolute atomic E-state index is 12.0. The van der Waals surface area contributed by atoms with Gasteiger partial charge in [-0.3, -0.25) is 0 Å². The molecule has 0 fully saturated rings. The fourth-order valence-electron chi connectivity index (χ4n) is 2.36. The van der Waals surface area contributed by atoms with Crippen LogP contribution in [0.1, 0.15) is 21.6 Å². The predicted octanol–water partition coefficient (Wildman–Crippen LogP) is 2.52. The maximum atomic E-state index is 12.0. The number of benzene rings is 1. The van der Waals surface area contributed by atoms with E-state index in [1.807, 2.05) is 24.3 Å². The number of rotatable bonds is 6. The molecule has 0 bridgehead atoms. The number of hydrogen-bond acceptors (Lipinski definition) is 5. The lowest BCUT2D eigenvalue weighted by Crippen LogP contribution is -2.13. The normalized spacial score (nSPS) is 10.1. The van der Waals surface area contributed by atoms with Crippen molar-refractivity contribution in [1.82, 2.24) is 4.57 Å². The van der Waals surface area contributed by atoms with E-state index in [4.69, 9.17) is 14.2 Å². The minimum Gasteiger partial charge on any atom is -0.497 e. The first-order valence-corrected chi connectivity index (χ1v) is 7.19. The number of carbonyl (C=O) groups is 2. The zero-order valence-electron chi connectivity index (χ0n) is 13.9. The highest BCUT2D eigenvalue weighted by molar-refractivity contribution is 6.17. The van der Waals surface area contributed by atoms with E-state index in [1.165, 1.54) is 14.2 Å². The van der Waals surface area contributed by atoms with Crippen LogP contribution in [-0.2, 0) is 20.8 Å². The summed E-state index contributed by atoms with van der Waals surface area (Å²) < 4.78 is 16.4. The quantitative estimate of drug-likeness (QED) is 0.602. The standard InChI is InChI=1S/C18H19NO5/c1-12(17(20)23-3)16-15(18(21)24-4)9-10-19(16)11-13-5-7-14(22-2)8-6-13/h5-10H,1,11H2,2-4H3. The molecular weight excluding hydrogens is 310 g/mol. The molecule has 0 radical (unpaired) electrons. The van der Waals surface area contributed by atoms with E-state index < -0.39 is 11.9 Å². The highest BCUT2D eigenvalue weighted by atomic mass is 16.5. The third-order valence-electron chi connectivity index (χ3n) is 3.60. The Kier molecular flexibility index (Phi) is 5.42. The van der Waals surface area contributed by atoms with Gasteiger partial charge in [0.15, 0.2) is 0 Å². The Morgan fingerprint density at radius 1 is 1.04 bits per heavy atom. The van der Waals surface area contributed by atoms with Gasteiger partial charge in [0, 0.05) is 12.7 Å². The summed E-state index contributed by atoms with van der Waals surface area (Å²) in [6.45, 7) is 4.20. The fourth-order valence-corrected chi connectivity index (χ4v) is 2.36. The van der Waals surface area contributed by atoms with Crippen molar-refractivity contribution < 1.29 is 23.8 Å². The summed E-state index contributed by atoms with van der Waals surface area (Å²) in [4.78, 5) is 23.8. The number of nitrogens with zero attached hydrogens (tertiary/aromatic N) is 1. The summed E-state index contributed by atoms with van der Waals surface area (Å²) in [5.41, 5.74) is 1.71. The van der Waals surface area contributed by atoms with Crippen LogP contribution >= 0.6 is 0 Å². The van der Waals surface area contributed by atoms with Crippen LogP contribution in [0, 0.1) is 0 Å². The van der Waals surface area contributed by atoms with Gasteiger partial charge in [-0.1, -0.05) is 18.7 Å². The summed E-state index contributed by atoms with van der Waals surface area (Å²) in [5.74, 6) is -0.390. The first-order valence-electron chi connectivity index (χ1n) is 7.19. The van der Waals surface area contributed by atoms with Crippen molar-refractivity contribution >= 4 is 17.5 Å². The first kappa shape index (κ1) is 17.3. The minimum atomic E-state index is -0.602. The molecule has 6 heteroatoms. The number of carbonyl (C=O) groups excluding carboxylic acids is 2. The molecule has 6 nitrogen and oxygen atoms in total. The van der Waals surface area contributed by atoms with Gasteiger partial charge in [-0.15, -0.1) is 0 Å². The summed E-state index contributed by atoms with van der Waals surface area (Å²) >= 11 is 0. The Balaban J connectivity index is 2.41. The van der Waals surface area contributed by atoms with Gasteiger partial charge in [0.2, 0.25) is 0 Å². The Bertz CT molecular complexity index is 758. The molecule has 0 spiro atoms. The van der Waals surface area contributed by atoms with Crippen LogP contribution in [0.25, 0.3) is 5.57 Å². The average Bonchev–Trinajstić information content (AvgIpc) is 3.03. The second-order valence-electron chi connectivity index (χ2n) is 5.02. The van der Waals surface area contributed by atoms with E-state index in [0.29, 0.717) is 12.2 Å². The molecule has 0 aliphatic rings. The van der Waals surface area contributed by atoms with Crippen LogP contribution in [0.2, 0.25) is 0 Å². The molecule has 0 unspecified atom stereocenters. The van der Waals surface area contributed by atoms with E-state index in [-0.39, 0.29) is 11.1 Å². The molecule has 0 amide bonds. The lowest BCUT2D eigenvalue weighted by molar-refractivity contribution is -0.133. The van der Waals surface area contributed by atoms with Gasteiger partial charge in [0.1, 0.15) is 5.75 Å². The first-order chi connectivity index (χ1) is 11.5. The number of aromatic nitrogens is 1. The molecule has 0 saturated heterocycles. The van der Waals surface area contributed by atoms with Crippen molar-refractivity contribution in [2.24, 2.45) is 0 Å². The van der Waals surface area contributed by atoms with Gasteiger partial charge in [0.25, 0.3) is 0 Å². The Morgan fingerprint density at radius 3 is 2.25 bits per heavy atom. The smallest absolute Gasteiger partial charge is 0.340 e. The molecular formula is C18H19NO5. The van der Waals surface area contributed by atoms with Crippen LogP contribution in [0.4, 0.5) is 0 Å². The van der Waals surface area contributed by atoms with Crippen molar-refractivity contribution in [2.75, 3.05) is 21.3 Å². The molecule has 1 aromatic carbocycles. The van der Waals surface area contributed by atoms with Gasteiger partial charge in [-0.25, -0.2) is 9.59 Å². The van der Waals surface area contributed by atoms with Crippen LogP contribution < -0.4 is 4.74 Å². The molecule has 0 atom stereocenters. The van der Waals surface area contributed by atoms with Crippen molar-refractivity contribution in [2.45, 2.75) is 6.54 Å². The maximum Gasteiger partial charge on any atom is 0.340 e. The highest BCUT2D eigenvalue weighted by Crippen LogP contribution is 2.23. The van der Waals surface area contributed by atoms with Crippen molar-refractivity contribution in [1.29, 1.82) is 0 Å². The number of methoxy groups -OCH3 is 3. The van der Waals surface area contributed by atoms with Crippen molar-refractivity contribution in [3.05, 3.63) is 59.9 Å². The molecule has 0 aliphatic carbocycles. The molecule has 0 N–H and O–H groups in total. The monoisotopic (exact) mass is 329 g/mol. The van der Waals surface area contributed by atoms with Gasteiger partial charge in [0.05, 0.1) is 38.2 Å². The summed E-state index contributed by atoms with van der Waals surface area (Å²) in [6.07, 6.45) is 1.71. The Hall–Kier alpha value is -3.02. The van der Waals surface area contributed by atoms with E-state index in [1.54, 1.807) is 23.9 Å². The number of ether oxygens (including phenoxy) is 3. The second-order valence-corrected chi connectivity index (χ2v) is 5.02. The number of esters is 2. The molecule has 1 heterocycles. The van der Waals surface area contributed by atoms with Crippen molar-refractivity contribution in [3.8, 4) is 5.75 Å². The molecule has 0 saturated carbocycles. The van der Waals surface area contributed by atoms with Gasteiger partial charge in [-0.05, 0) is 23.8 Å². The highest BCUT2D eigenvalue weighted by Gasteiger charge is 2.23. The lowest BCUT2D eigenvalue weighted by atomic mass is 10.1. The summed E-state index contributed by atoms with van der Waals surface area (Å²) in [5, 5.41) is 0. The second kappa shape index (κ2) is 7.50. The summed E-state index contributed by atoms with van der Waals surface area (Å²) in [7, 11) is 4.15. The molecule has 1 aromatic heterocycles. The topological polar surface area (TPSA) is 66.8 Å². The lowest BCUT2D eigenvalue weighted by Gasteiger charge is -2.12. The van der Waals surface area contributed by atoms with Crippen LogP contribution in [0.3, 0.4) is 0 Å². The molecule has 2 aromatic rings. The molecule has 0 aliphatic heterocycles. The van der Waals surface area contributed by atoms with Gasteiger partial charge >= 0.3 is 11.9 Å². The Morgan fingerprint density at radius 2 is 1.71 bits per heavy atom. The van der Waals surface area contributed by atoms with E-state index in [2.05, 4.69) is 6.58 Å².